The van der Waals surface area contributed by atoms with Gasteiger partial charge in [0.2, 0.25) is 5.89 Å². The van der Waals surface area contributed by atoms with Crippen LogP contribution in [0.15, 0.2) is 10.7 Å². The second-order valence-corrected chi connectivity index (χ2v) is 3.77. The fraction of sp³-hybridized carbons (Fsp3) is 0.400. The van der Waals surface area contributed by atoms with Gasteiger partial charge in [-0.1, -0.05) is 5.16 Å². The molecule has 96 valence electrons. The fourth-order valence-electron chi connectivity index (χ4n) is 1.56. The van der Waals surface area contributed by atoms with E-state index in [-0.39, 0.29) is 5.56 Å². The Labute approximate surface area is 103 Å². The zero-order valence-corrected chi connectivity index (χ0v) is 10.0. The maximum absolute atomic E-state index is 11.0. The summed E-state index contributed by atoms with van der Waals surface area (Å²) in [7, 11) is 1.70. The monoisotopic (exact) mass is 251 g/mol. The van der Waals surface area contributed by atoms with Crippen molar-refractivity contribution in [3.63, 3.8) is 0 Å². The Balaban J connectivity index is 1.98. The summed E-state index contributed by atoms with van der Waals surface area (Å²) in [5, 5.41) is 19.7. The zero-order chi connectivity index (χ0) is 13.1. The number of hydrogen-bond donors (Lipinski definition) is 2. The van der Waals surface area contributed by atoms with Gasteiger partial charge in [0.25, 0.3) is 0 Å². The lowest BCUT2D eigenvalue weighted by atomic mass is 10.2. The summed E-state index contributed by atoms with van der Waals surface area (Å²) in [6, 6.07) is 0. The first kappa shape index (κ1) is 12.2. The number of nitrogens with zero attached hydrogens (tertiary/aromatic N) is 4. The summed E-state index contributed by atoms with van der Waals surface area (Å²) in [4.78, 5) is 15.0. The van der Waals surface area contributed by atoms with E-state index in [0.717, 1.165) is 0 Å². The van der Waals surface area contributed by atoms with Crippen molar-refractivity contribution in [1.29, 1.82) is 0 Å². The molecule has 2 heterocycles. The predicted molar refractivity (Wildman–Crippen MR) is 59.7 cm³/mol. The molecule has 8 heteroatoms. The van der Waals surface area contributed by atoms with Gasteiger partial charge in [0.05, 0.1) is 18.4 Å². The molecule has 18 heavy (non-hydrogen) atoms. The molecular weight excluding hydrogens is 238 g/mol. The first-order chi connectivity index (χ1) is 8.58. The normalized spacial score (nSPS) is 10.8. The Kier molecular flexibility index (Phi) is 3.38. The molecule has 0 amide bonds. The molecule has 2 aromatic heterocycles. The maximum Gasteiger partial charge on any atom is 0.339 e. The van der Waals surface area contributed by atoms with E-state index in [2.05, 4.69) is 20.6 Å². The van der Waals surface area contributed by atoms with Crippen LogP contribution in [0.4, 0.5) is 0 Å². The highest BCUT2D eigenvalue weighted by Gasteiger charge is 2.14. The van der Waals surface area contributed by atoms with Gasteiger partial charge in [-0.3, -0.25) is 4.68 Å². The van der Waals surface area contributed by atoms with E-state index in [1.54, 1.807) is 14.0 Å². The maximum atomic E-state index is 11.0. The molecule has 0 bridgehead atoms. The third-order valence-electron chi connectivity index (χ3n) is 2.44. The first-order valence-electron chi connectivity index (χ1n) is 5.32. The van der Waals surface area contributed by atoms with Gasteiger partial charge in [0.1, 0.15) is 5.56 Å². The zero-order valence-electron chi connectivity index (χ0n) is 10.0. The summed E-state index contributed by atoms with van der Waals surface area (Å²) >= 11 is 0. The number of carboxylic acid groups (broad SMARTS) is 1. The molecule has 0 fully saturated rings. The molecule has 0 unspecified atom stereocenters. The number of carboxylic acids is 1. The molecule has 0 atom stereocenters. The quantitative estimate of drug-likeness (QED) is 0.776. The van der Waals surface area contributed by atoms with Gasteiger partial charge >= 0.3 is 5.97 Å². The van der Waals surface area contributed by atoms with Crippen LogP contribution in [0, 0.1) is 6.92 Å². The van der Waals surface area contributed by atoms with Gasteiger partial charge in [-0.05, 0) is 0 Å². The average molecular weight is 251 g/mol. The Morgan fingerprint density at radius 3 is 2.94 bits per heavy atom. The van der Waals surface area contributed by atoms with E-state index in [1.165, 1.54) is 10.9 Å². The molecule has 2 rings (SSSR count). The van der Waals surface area contributed by atoms with Crippen LogP contribution in [-0.2, 0) is 20.1 Å². The minimum absolute atomic E-state index is 0.189. The Hall–Kier alpha value is -2.22. The van der Waals surface area contributed by atoms with Gasteiger partial charge in [0, 0.05) is 20.5 Å². The summed E-state index contributed by atoms with van der Waals surface area (Å²) in [6.45, 7) is 2.48. The third kappa shape index (κ3) is 2.54. The molecule has 2 aromatic rings. The highest BCUT2D eigenvalue weighted by Crippen LogP contribution is 2.07. The van der Waals surface area contributed by atoms with E-state index < -0.39 is 5.97 Å². The molecule has 0 aliphatic rings. The lowest BCUT2D eigenvalue weighted by molar-refractivity contribution is 0.0695. The fourth-order valence-corrected chi connectivity index (χ4v) is 1.56. The number of aromatic carboxylic acids is 1. The van der Waals surface area contributed by atoms with E-state index >= 15 is 0 Å². The summed E-state index contributed by atoms with van der Waals surface area (Å²) in [5.41, 5.74) is 0.789. The Bertz CT molecular complexity index is 560. The van der Waals surface area contributed by atoms with E-state index in [0.29, 0.717) is 30.5 Å². The van der Waals surface area contributed by atoms with Crippen molar-refractivity contribution in [2.45, 2.75) is 20.0 Å². The molecule has 0 spiro atoms. The number of nitrogens with one attached hydrogen (secondary N) is 1. The molecule has 0 aliphatic heterocycles. The number of carbonyl (C=O) groups is 1. The van der Waals surface area contributed by atoms with Crippen molar-refractivity contribution in [2.24, 2.45) is 7.05 Å². The summed E-state index contributed by atoms with van der Waals surface area (Å²) in [6.07, 6.45) is 1.33. The molecule has 0 radical (unpaired) electrons. The van der Waals surface area contributed by atoms with E-state index in [9.17, 15) is 4.79 Å². The van der Waals surface area contributed by atoms with Crippen molar-refractivity contribution in [2.75, 3.05) is 0 Å². The first-order valence-corrected chi connectivity index (χ1v) is 5.32. The van der Waals surface area contributed by atoms with Gasteiger partial charge in [-0.2, -0.15) is 10.1 Å². The summed E-state index contributed by atoms with van der Waals surface area (Å²) in [5.74, 6) is 0.0420. The van der Waals surface area contributed by atoms with Crippen molar-refractivity contribution >= 4 is 5.97 Å². The highest BCUT2D eigenvalue weighted by molar-refractivity contribution is 5.88. The smallest absolute Gasteiger partial charge is 0.339 e. The van der Waals surface area contributed by atoms with Crippen LogP contribution in [0.3, 0.4) is 0 Å². The van der Waals surface area contributed by atoms with Gasteiger partial charge in [0.15, 0.2) is 5.82 Å². The Morgan fingerprint density at radius 2 is 2.33 bits per heavy atom. The number of rotatable bonds is 5. The van der Waals surface area contributed by atoms with Crippen LogP contribution >= 0.6 is 0 Å². The Morgan fingerprint density at radius 1 is 1.56 bits per heavy atom. The third-order valence-corrected chi connectivity index (χ3v) is 2.44. The lowest BCUT2D eigenvalue weighted by Crippen LogP contribution is -2.18. The SMILES string of the molecule is Cc1nc(CNCc2c(C(=O)O)cnn2C)no1. The molecular formula is C10H13N5O3. The predicted octanol–water partition coefficient (Wildman–Crippen LogP) is 0.0995. The van der Waals surface area contributed by atoms with E-state index in [4.69, 9.17) is 9.63 Å². The lowest BCUT2D eigenvalue weighted by Gasteiger charge is -2.04. The molecule has 2 N–H and O–H groups in total. The van der Waals surface area contributed by atoms with Crippen LogP contribution < -0.4 is 5.32 Å². The number of aryl methyl sites for hydroxylation is 2. The minimum Gasteiger partial charge on any atom is -0.478 e. The van der Waals surface area contributed by atoms with Crippen molar-refractivity contribution in [1.82, 2.24) is 25.2 Å². The van der Waals surface area contributed by atoms with Gasteiger partial charge in [-0.25, -0.2) is 4.79 Å². The van der Waals surface area contributed by atoms with E-state index in [1.807, 2.05) is 0 Å². The van der Waals surface area contributed by atoms with Crippen molar-refractivity contribution in [3.8, 4) is 0 Å². The highest BCUT2D eigenvalue weighted by atomic mass is 16.5. The molecule has 0 saturated heterocycles. The second kappa shape index (κ2) is 4.96. The van der Waals surface area contributed by atoms with Crippen molar-refractivity contribution in [3.05, 3.63) is 29.2 Å². The molecule has 0 saturated carbocycles. The van der Waals surface area contributed by atoms with Crippen LogP contribution in [0.25, 0.3) is 0 Å². The number of hydrogen-bond acceptors (Lipinski definition) is 6. The molecule has 0 aliphatic carbocycles. The average Bonchev–Trinajstić information content (AvgIpc) is 2.87. The minimum atomic E-state index is -0.990. The van der Waals surface area contributed by atoms with Gasteiger partial charge < -0.3 is 14.9 Å². The molecule has 0 aromatic carbocycles. The number of aromatic nitrogens is 4. The van der Waals surface area contributed by atoms with Crippen LogP contribution in [0.5, 0.6) is 0 Å². The van der Waals surface area contributed by atoms with Crippen LogP contribution in [0.1, 0.15) is 27.8 Å². The molecule has 8 nitrogen and oxygen atoms in total. The van der Waals surface area contributed by atoms with Gasteiger partial charge in [-0.15, -0.1) is 0 Å². The second-order valence-electron chi connectivity index (χ2n) is 3.77. The standard InChI is InChI=1S/C10H13N5O3/c1-6-13-9(14-18-6)5-11-4-8-7(10(16)17)3-12-15(8)2/h3,11H,4-5H2,1-2H3,(H,16,17). The van der Waals surface area contributed by atoms with Crippen molar-refractivity contribution < 1.29 is 14.4 Å². The van der Waals surface area contributed by atoms with Crippen LogP contribution in [0.2, 0.25) is 0 Å². The van der Waals surface area contributed by atoms with Crippen LogP contribution in [-0.4, -0.2) is 31.0 Å². The topological polar surface area (TPSA) is 106 Å². The largest absolute Gasteiger partial charge is 0.478 e. The summed E-state index contributed by atoms with van der Waals surface area (Å²) < 4.78 is 6.35.